The molecular weight excluding hydrogens is 216 g/mol. The standard InChI is InChI=1S/C13H12N2O2/c1-2-10-7-8-14-13(9-10)11-3-5-12(6-4-11)15(16)17/h3-9H,2H2,1H3. The quantitative estimate of drug-likeness (QED) is 0.598. The van der Waals surface area contributed by atoms with Crippen molar-refractivity contribution >= 4 is 5.69 Å². The minimum Gasteiger partial charge on any atom is -0.258 e. The van der Waals surface area contributed by atoms with Gasteiger partial charge in [0.05, 0.1) is 10.6 Å². The molecule has 17 heavy (non-hydrogen) atoms. The first kappa shape index (κ1) is 11.3. The smallest absolute Gasteiger partial charge is 0.258 e. The highest BCUT2D eigenvalue weighted by Crippen LogP contribution is 2.21. The lowest BCUT2D eigenvalue weighted by Crippen LogP contribution is -1.89. The lowest BCUT2D eigenvalue weighted by molar-refractivity contribution is -0.384. The van der Waals surface area contributed by atoms with Gasteiger partial charge in [0.1, 0.15) is 0 Å². The normalized spacial score (nSPS) is 10.2. The summed E-state index contributed by atoms with van der Waals surface area (Å²) < 4.78 is 0. The number of benzene rings is 1. The van der Waals surface area contributed by atoms with E-state index in [-0.39, 0.29) is 5.69 Å². The molecule has 0 saturated heterocycles. The molecule has 86 valence electrons. The number of rotatable bonds is 3. The van der Waals surface area contributed by atoms with Crippen LogP contribution in [-0.2, 0) is 6.42 Å². The van der Waals surface area contributed by atoms with Crippen LogP contribution in [0.4, 0.5) is 5.69 Å². The SMILES string of the molecule is CCc1ccnc(-c2ccc([N+](=O)[O-])cc2)c1. The number of nitro benzene ring substituents is 1. The first-order valence-electron chi connectivity index (χ1n) is 5.40. The van der Waals surface area contributed by atoms with Crippen molar-refractivity contribution in [1.82, 2.24) is 4.98 Å². The molecule has 0 aliphatic heterocycles. The fourth-order valence-electron chi connectivity index (χ4n) is 1.61. The summed E-state index contributed by atoms with van der Waals surface area (Å²) in [6, 6.07) is 10.4. The Bertz CT molecular complexity index is 535. The minimum absolute atomic E-state index is 0.0976. The fraction of sp³-hybridized carbons (Fsp3) is 0.154. The Morgan fingerprint density at radius 3 is 2.53 bits per heavy atom. The number of aromatic nitrogens is 1. The van der Waals surface area contributed by atoms with Gasteiger partial charge < -0.3 is 0 Å². The van der Waals surface area contributed by atoms with E-state index in [0.717, 1.165) is 17.7 Å². The molecule has 0 aliphatic rings. The van der Waals surface area contributed by atoms with E-state index in [1.54, 1.807) is 18.3 Å². The van der Waals surface area contributed by atoms with Gasteiger partial charge >= 0.3 is 0 Å². The van der Waals surface area contributed by atoms with Crippen LogP contribution in [0.2, 0.25) is 0 Å². The Kier molecular flexibility index (Phi) is 3.14. The number of pyridine rings is 1. The highest BCUT2D eigenvalue weighted by molar-refractivity contribution is 5.61. The minimum atomic E-state index is -0.403. The number of hydrogen-bond donors (Lipinski definition) is 0. The van der Waals surface area contributed by atoms with Crippen LogP contribution < -0.4 is 0 Å². The molecule has 0 bridgehead atoms. The molecular formula is C13H12N2O2. The molecule has 0 aliphatic carbocycles. The average molecular weight is 228 g/mol. The molecule has 0 radical (unpaired) electrons. The van der Waals surface area contributed by atoms with Crippen molar-refractivity contribution in [3.8, 4) is 11.3 Å². The number of nitrogens with zero attached hydrogens (tertiary/aromatic N) is 2. The fourth-order valence-corrected chi connectivity index (χ4v) is 1.61. The summed E-state index contributed by atoms with van der Waals surface area (Å²) in [6.45, 7) is 2.08. The van der Waals surface area contributed by atoms with Gasteiger partial charge in [0.15, 0.2) is 0 Å². The monoisotopic (exact) mass is 228 g/mol. The number of nitro groups is 1. The summed E-state index contributed by atoms with van der Waals surface area (Å²) in [4.78, 5) is 14.4. The largest absolute Gasteiger partial charge is 0.269 e. The molecule has 0 atom stereocenters. The lowest BCUT2D eigenvalue weighted by Gasteiger charge is -2.02. The maximum absolute atomic E-state index is 10.5. The molecule has 2 aromatic rings. The number of hydrogen-bond acceptors (Lipinski definition) is 3. The van der Waals surface area contributed by atoms with Crippen LogP contribution in [0.15, 0.2) is 42.6 Å². The molecule has 0 fully saturated rings. The predicted octanol–water partition coefficient (Wildman–Crippen LogP) is 3.22. The second kappa shape index (κ2) is 4.74. The van der Waals surface area contributed by atoms with Crippen molar-refractivity contribution in [3.05, 3.63) is 58.3 Å². The third-order valence-corrected chi connectivity index (χ3v) is 2.61. The van der Waals surface area contributed by atoms with Crippen LogP contribution >= 0.6 is 0 Å². The van der Waals surface area contributed by atoms with Gasteiger partial charge in [-0.3, -0.25) is 15.1 Å². The predicted molar refractivity (Wildman–Crippen MR) is 65.7 cm³/mol. The number of non-ortho nitro benzene ring substituents is 1. The van der Waals surface area contributed by atoms with Crippen LogP contribution in [0.25, 0.3) is 11.3 Å². The van der Waals surface area contributed by atoms with Crippen molar-refractivity contribution in [2.75, 3.05) is 0 Å². The maximum Gasteiger partial charge on any atom is 0.269 e. The topological polar surface area (TPSA) is 56.0 Å². The van der Waals surface area contributed by atoms with Gasteiger partial charge in [-0.05, 0) is 36.2 Å². The van der Waals surface area contributed by atoms with Crippen molar-refractivity contribution in [3.63, 3.8) is 0 Å². The van der Waals surface area contributed by atoms with E-state index in [4.69, 9.17) is 0 Å². The van der Waals surface area contributed by atoms with Gasteiger partial charge in [-0.2, -0.15) is 0 Å². The molecule has 0 unspecified atom stereocenters. The van der Waals surface area contributed by atoms with Gasteiger partial charge in [0.2, 0.25) is 0 Å². The highest BCUT2D eigenvalue weighted by atomic mass is 16.6. The molecule has 0 spiro atoms. The zero-order chi connectivity index (χ0) is 12.3. The van der Waals surface area contributed by atoms with Gasteiger partial charge in [-0.25, -0.2) is 0 Å². The van der Waals surface area contributed by atoms with E-state index in [1.165, 1.54) is 17.7 Å². The van der Waals surface area contributed by atoms with Crippen LogP contribution in [0.1, 0.15) is 12.5 Å². The molecule has 1 aromatic heterocycles. The van der Waals surface area contributed by atoms with Crippen molar-refractivity contribution in [2.45, 2.75) is 13.3 Å². The van der Waals surface area contributed by atoms with E-state index < -0.39 is 4.92 Å². The Hall–Kier alpha value is -2.23. The third-order valence-electron chi connectivity index (χ3n) is 2.61. The zero-order valence-electron chi connectivity index (χ0n) is 9.46. The summed E-state index contributed by atoms with van der Waals surface area (Å²) in [5.74, 6) is 0. The Balaban J connectivity index is 2.36. The Morgan fingerprint density at radius 2 is 1.94 bits per heavy atom. The second-order valence-corrected chi connectivity index (χ2v) is 3.71. The summed E-state index contributed by atoms with van der Waals surface area (Å²) >= 11 is 0. The molecule has 4 nitrogen and oxygen atoms in total. The third kappa shape index (κ3) is 2.47. The Morgan fingerprint density at radius 1 is 1.24 bits per heavy atom. The van der Waals surface area contributed by atoms with Crippen molar-refractivity contribution < 1.29 is 4.92 Å². The van der Waals surface area contributed by atoms with E-state index in [1.807, 2.05) is 12.1 Å². The van der Waals surface area contributed by atoms with Gasteiger partial charge in [0.25, 0.3) is 5.69 Å². The molecule has 0 amide bonds. The van der Waals surface area contributed by atoms with Gasteiger partial charge in [0, 0.05) is 23.9 Å². The Labute approximate surface area is 99.1 Å². The van der Waals surface area contributed by atoms with Gasteiger partial charge in [-0.1, -0.05) is 6.92 Å². The summed E-state index contributed by atoms with van der Waals surface area (Å²) in [5, 5.41) is 10.5. The second-order valence-electron chi connectivity index (χ2n) is 3.71. The summed E-state index contributed by atoms with van der Waals surface area (Å²) in [5.41, 5.74) is 3.04. The van der Waals surface area contributed by atoms with E-state index in [0.29, 0.717) is 0 Å². The van der Waals surface area contributed by atoms with Crippen molar-refractivity contribution in [1.29, 1.82) is 0 Å². The first-order valence-corrected chi connectivity index (χ1v) is 5.40. The first-order chi connectivity index (χ1) is 8.20. The van der Waals surface area contributed by atoms with Gasteiger partial charge in [-0.15, -0.1) is 0 Å². The molecule has 1 heterocycles. The highest BCUT2D eigenvalue weighted by Gasteiger charge is 2.05. The van der Waals surface area contributed by atoms with Crippen LogP contribution in [-0.4, -0.2) is 9.91 Å². The van der Waals surface area contributed by atoms with E-state index in [2.05, 4.69) is 11.9 Å². The van der Waals surface area contributed by atoms with Crippen LogP contribution in [0, 0.1) is 10.1 Å². The summed E-state index contributed by atoms with van der Waals surface area (Å²) in [7, 11) is 0. The molecule has 4 heteroatoms. The van der Waals surface area contributed by atoms with Crippen LogP contribution in [0.5, 0.6) is 0 Å². The molecule has 0 saturated carbocycles. The zero-order valence-corrected chi connectivity index (χ0v) is 9.46. The molecule has 0 N–H and O–H groups in total. The maximum atomic E-state index is 10.5. The lowest BCUT2D eigenvalue weighted by atomic mass is 10.1. The summed E-state index contributed by atoms with van der Waals surface area (Å²) in [6.07, 6.45) is 2.71. The van der Waals surface area contributed by atoms with Crippen molar-refractivity contribution in [2.24, 2.45) is 0 Å². The molecule has 2 rings (SSSR count). The average Bonchev–Trinajstić information content (AvgIpc) is 2.39. The van der Waals surface area contributed by atoms with Crippen LogP contribution in [0.3, 0.4) is 0 Å². The van der Waals surface area contributed by atoms with E-state index >= 15 is 0 Å². The number of aryl methyl sites for hydroxylation is 1. The molecule has 1 aromatic carbocycles. The van der Waals surface area contributed by atoms with E-state index in [9.17, 15) is 10.1 Å².